The fourth-order valence-electron chi connectivity index (χ4n) is 4.03. The van der Waals surface area contributed by atoms with E-state index < -0.39 is 23.5 Å². The second-order valence-corrected chi connectivity index (χ2v) is 9.74. The van der Waals surface area contributed by atoms with Gasteiger partial charge in [-0.05, 0) is 31.4 Å². The third kappa shape index (κ3) is 5.31. The maximum atomic E-state index is 14.7. The second kappa shape index (κ2) is 10.3. The van der Waals surface area contributed by atoms with Crippen molar-refractivity contribution in [3.8, 4) is 10.6 Å². The van der Waals surface area contributed by atoms with Gasteiger partial charge in [-0.3, -0.25) is 14.3 Å². The molecule has 3 heterocycles. The van der Waals surface area contributed by atoms with Crippen molar-refractivity contribution in [2.45, 2.75) is 45.3 Å². The maximum Gasteiger partial charge on any atom is 0.275 e. The fraction of sp³-hybridized carbons (Fsp3) is 0.417. The highest BCUT2D eigenvalue weighted by Gasteiger charge is 2.26. The normalized spacial score (nSPS) is 18.5. The number of carbonyl (C=O) groups excluding carboxylic acids is 2. The molecule has 35 heavy (non-hydrogen) atoms. The lowest BCUT2D eigenvalue weighted by Crippen LogP contribution is -2.19. The summed E-state index contributed by atoms with van der Waals surface area (Å²) in [6.45, 7) is 3.82. The van der Waals surface area contributed by atoms with Gasteiger partial charge >= 0.3 is 0 Å². The first-order valence-corrected chi connectivity index (χ1v) is 12.2. The number of benzene rings is 1. The molecule has 11 heteroatoms. The van der Waals surface area contributed by atoms with E-state index in [0.29, 0.717) is 24.4 Å². The highest BCUT2D eigenvalue weighted by Crippen LogP contribution is 2.33. The lowest BCUT2D eigenvalue weighted by atomic mass is 9.99. The predicted molar refractivity (Wildman–Crippen MR) is 128 cm³/mol. The summed E-state index contributed by atoms with van der Waals surface area (Å²) in [6.07, 6.45) is 3.50. The zero-order chi connectivity index (χ0) is 25.3. The van der Waals surface area contributed by atoms with Crippen molar-refractivity contribution in [1.29, 1.82) is 0 Å². The molecule has 0 saturated carbocycles. The average molecular weight is 504 g/mol. The van der Waals surface area contributed by atoms with Crippen molar-refractivity contribution in [2.24, 2.45) is 18.7 Å². The van der Waals surface area contributed by atoms with Crippen molar-refractivity contribution in [3.05, 3.63) is 52.3 Å². The molecular formula is C24H27F2N5O3S. The molecule has 186 valence electrons. The van der Waals surface area contributed by atoms with Gasteiger partial charge in [0.25, 0.3) is 5.91 Å². The topological polar surface area (TPSA) is 112 Å². The summed E-state index contributed by atoms with van der Waals surface area (Å²) in [6, 6.07) is 2.07. The molecule has 0 aliphatic carbocycles. The average Bonchev–Trinajstić information content (AvgIpc) is 3.36. The SMILES string of the molecule is CC(C)C(=O)c1cc(F)c(-c2nc(C(=O)Nc3cnn(C)c3C3CCC(N)CCO3)cs2)c(F)c1. The van der Waals surface area contributed by atoms with E-state index in [2.05, 4.69) is 15.4 Å². The number of aromatic nitrogens is 3. The van der Waals surface area contributed by atoms with E-state index in [1.807, 2.05) is 0 Å². The molecular weight excluding hydrogens is 476 g/mol. The van der Waals surface area contributed by atoms with E-state index in [9.17, 15) is 18.4 Å². The molecule has 0 bridgehead atoms. The summed E-state index contributed by atoms with van der Waals surface area (Å²) in [5.74, 6) is -3.12. The zero-order valence-corrected chi connectivity index (χ0v) is 20.5. The first-order valence-electron chi connectivity index (χ1n) is 11.3. The van der Waals surface area contributed by atoms with Gasteiger partial charge in [-0.15, -0.1) is 11.3 Å². The number of nitrogens with one attached hydrogen (secondary N) is 1. The molecule has 8 nitrogen and oxygen atoms in total. The molecule has 2 atom stereocenters. The molecule has 2 unspecified atom stereocenters. The number of carbonyl (C=O) groups is 2. The van der Waals surface area contributed by atoms with Crippen LogP contribution in [0, 0.1) is 17.6 Å². The Kier molecular flexibility index (Phi) is 7.39. The Labute approximate surface area is 205 Å². The second-order valence-electron chi connectivity index (χ2n) is 8.88. The standard InChI is InChI=1S/C24H27F2N5O3S/c1-12(2)22(32)13-8-15(25)20(16(26)9-13)24-30-18(11-35-24)23(33)29-17-10-28-31(3)21(17)19-5-4-14(27)6-7-34-19/h8-12,14,19H,4-7,27H2,1-3H3,(H,29,33). The summed E-state index contributed by atoms with van der Waals surface area (Å²) in [5, 5.41) is 8.46. The molecule has 1 aliphatic rings. The highest BCUT2D eigenvalue weighted by molar-refractivity contribution is 7.13. The van der Waals surface area contributed by atoms with Crippen LogP contribution >= 0.6 is 11.3 Å². The Morgan fingerprint density at radius 3 is 2.63 bits per heavy atom. The van der Waals surface area contributed by atoms with E-state index >= 15 is 0 Å². The zero-order valence-electron chi connectivity index (χ0n) is 19.7. The smallest absolute Gasteiger partial charge is 0.275 e. The lowest BCUT2D eigenvalue weighted by molar-refractivity contribution is 0.0529. The number of ketones is 1. The van der Waals surface area contributed by atoms with Gasteiger partial charge in [0.05, 0.1) is 23.1 Å². The monoisotopic (exact) mass is 503 g/mol. The number of ether oxygens (including phenoxy) is 1. The summed E-state index contributed by atoms with van der Waals surface area (Å²) in [5.41, 5.74) is 6.81. The molecule has 1 aromatic carbocycles. The lowest BCUT2D eigenvalue weighted by Gasteiger charge is -2.17. The van der Waals surface area contributed by atoms with Crippen LogP contribution in [0.15, 0.2) is 23.7 Å². The van der Waals surface area contributed by atoms with Crippen LogP contribution in [0.1, 0.15) is 65.8 Å². The molecule has 2 aromatic heterocycles. The van der Waals surface area contributed by atoms with Crippen LogP contribution in [0.4, 0.5) is 14.5 Å². The van der Waals surface area contributed by atoms with Crippen LogP contribution in [0.3, 0.4) is 0 Å². The number of hydrogen-bond acceptors (Lipinski definition) is 7. The molecule has 1 amide bonds. The maximum absolute atomic E-state index is 14.7. The van der Waals surface area contributed by atoms with E-state index in [4.69, 9.17) is 10.5 Å². The predicted octanol–water partition coefficient (Wildman–Crippen LogP) is 4.48. The summed E-state index contributed by atoms with van der Waals surface area (Å²) >= 11 is 0.935. The minimum absolute atomic E-state index is 0.00111. The van der Waals surface area contributed by atoms with E-state index in [1.54, 1.807) is 25.6 Å². The van der Waals surface area contributed by atoms with Crippen LogP contribution in [0.25, 0.3) is 10.6 Å². The van der Waals surface area contributed by atoms with Crippen molar-refractivity contribution in [2.75, 3.05) is 11.9 Å². The number of nitrogens with zero attached hydrogens (tertiary/aromatic N) is 3. The van der Waals surface area contributed by atoms with Gasteiger partial charge in [-0.2, -0.15) is 5.10 Å². The van der Waals surface area contributed by atoms with Gasteiger partial charge in [-0.25, -0.2) is 13.8 Å². The number of Topliss-reactive ketones (excluding diaryl/α,β-unsaturated/α-hetero) is 1. The van der Waals surface area contributed by atoms with Crippen LogP contribution in [-0.2, 0) is 11.8 Å². The molecule has 1 fully saturated rings. The van der Waals surface area contributed by atoms with Crippen LogP contribution < -0.4 is 11.1 Å². The number of nitrogens with two attached hydrogens (primary N) is 1. The first-order chi connectivity index (χ1) is 16.7. The molecule has 1 saturated heterocycles. The van der Waals surface area contributed by atoms with Gasteiger partial charge in [0, 0.05) is 36.6 Å². The van der Waals surface area contributed by atoms with Gasteiger partial charge in [0.1, 0.15) is 28.4 Å². The third-order valence-corrected chi connectivity index (χ3v) is 6.81. The fourth-order valence-corrected chi connectivity index (χ4v) is 4.87. The number of halogens is 2. The van der Waals surface area contributed by atoms with E-state index in [0.717, 1.165) is 36.3 Å². The molecule has 3 N–H and O–H groups in total. The molecule has 0 spiro atoms. The Morgan fingerprint density at radius 2 is 1.94 bits per heavy atom. The van der Waals surface area contributed by atoms with Gasteiger partial charge in [0.2, 0.25) is 0 Å². The largest absolute Gasteiger partial charge is 0.372 e. The highest BCUT2D eigenvalue weighted by atomic mass is 32.1. The minimum atomic E-state index is -0.909. The number of rotatable bonds is 6. The number of anilines is 1. The quantitative estimate of drug-likeness (QED) is 0.480. The number of thiazole rings is 1. The van der Waals surface area contributed by atoms with Crippen LogP contribution in [0.2, 0.25) is 0 Å². The van der Waals surface area contributed by atoms with Crippen molar-refractivity contribution in [3.63, 3.8) is 0 Å². The summed E-state index contributed by atoms with van der Waals surface area (Å²) in [4.78, 5) is 29.2. The number of hydrogen-bond donors (Lipinski definition) is 2. The Hall–Kier alpha value is -3.02. The van der Waals surface area contributed by atoms with E-state index in [1.165, 1.54) is 11.6 Å². The molecule has 1 aliphatic heterocycles. The van der Waals surface area contributed by atoms with Crippen molar-refractivity contribution >= 4 is 28.7 Å². The molecule has 0 radical (unpaired) electrons. The van der Waals surface area contributed by atoms with Gasteiger partial charge in [0.15, 0.2) is 5.78 Å². The van der Waals surface area contributed by atoms with Gasteiger partial charge in [-0.1, -0.05) is 13.8 Å². The summed E-state index contributed by atoms with van der Waals surface area (Å²) in [7, 11) is 1.76. The first kappa shape index (κ1) is 25.1. The van der Waals surface area contributed by atoms with Crippen LogP contribution in [-0.4, -0.2) is 39.1 Å². The molecule has 4 rings (SSSR count). The van der Waals surface area contributed by atoms with Gasteiger partial charge < -0.3 is 15.8 Å². The Morgan fingerprint density at radius 1 is 1.23 bits per heavy atom. The summed E-state index contributed by atoms with van der Waals surface area (Å²) < 4.78 is 37.1. The Bertz CT molecular complexity index is 1230. The van der Waals surface area contributed by atoms with Crippen molar-refractivity contribution < 1.29 is 23.1 Å². The van der Waals surface area contributed by atoms with Crippen LogP contribution in [0.5, 0.6) is 0 Å². The third-order valence-electron chi connectivity index (χ3n) is 5.95. The van der Waals surface area contributed by atoms with Crippen molar-refractivity contribution in [1.82, 2.24) is 14.8 Å². The Balaban J connectivity index is 1.55. The minimum Gasteiger partial charge on any atom is -0.372 e. The number of amides is 1. The van der Waals surface area contributed by atoms with E-state index in [-0.39, 0.29) is 39.8 Å². The number of aryl methyl sites for hydroxylation is 1. The molecule has 3 aromatic rings.